The van der Waals surface area contributed by atoms with Crippen LogP contribution in [0, 0.1) is 5.92 Å². The van der Waals surface area contributed by atoms with E-state index in [0.717, 1.165) is 44.9 Å². The number of carbonyl (C=O) groups is 3. The molecule has 36 heavy (non-hydrogen) atoms. The van der Waals surface area contributed by atoms with E-state index < -0.39 is 48.1 Å². The largest absolute Gasteiger partial charge is 0.457 e. The molecule has 3 aliphatic carbocycles. The molecule has 5 rings (SSSR count). The van der Waals surface area contributed by atoms with E-state index in [9.17, 15) is 19.5 Å². The lowest BCUT2D eigenvalue weighted by molar-refractivity contribution is -0.219. The van der Waals surface area contributed by atoms with E-state index in [1.165, 1.54) is 6.92 Å². The standard InChI is InChI=1S/C27H36N2O7/c1-16(30)28-20-21(31)23-24(36-27(35-23)14-8-3-9-15-27)22(20)34-26(33)18-12-6-7-13-19(18)29-25(32)17-10-4-2-5-11-17/h2,4-5,10-11,18-24,31H,3,6-9,12-15H2,1H3,(H,28,30)(H,29,32)/t18-,19+,20+,21-,22+,23-,24+/m1/s1. The maximum atomic E-state index is 13.5. The van der Waals surface area contributed by atoms with Crippen molar-refractivity contribution < 1.29 is 33.7 Å². The average molecular weight is 501 g/mol. The van der Waals surface area contributed by atoms with Crippen LogP contribution in [0.15, 0.2) is 30.3 Å². The third kappa shape index (κ3) is 5.01. The van der Waals surface area contributed by atoms with E-state index in [0.29, 0.717) is 18.4 Å². The van der Waals surface area contributed by atoms with Crippen LogP contribution in [0.5, 0.6) is 0 Å². The summed E-state index contributed by atoms with van der Waals surface area (Å²) in [6.07, 6.45) is 4.26. The number of fused-ring (bicyclic) bond motifs is 1. The van der Waals surface area contributed by atoms with Gasteiger partial charge in [-0.1, -0.05) is 37.5 Å². The number of benzene rings is 1. The summed E-state index contributed by atoms with van der Waals surface area (Å²) in [5.41, 5.74) is 0.539. The Labute approximate surface area is 211 Å². The Morgan fingerprint density at radius 2 is 1.64 bits per heavy atom. The first kappa shape index (κ1) is 25.2. The number of aliphatic hydroxyl groups is 1. The summed E-state index contributed by atoms with van der Waals surface area (Å²) in [4.78, 5) is 38.2. The summed E-state index contributed by atoms with van der Waals surface area (Å²) in [7, 11) is 0. The van der Waals surface area contributed by atoms with Crippen LogP contribution in [-0.2, 0) is 23.8 Å². The minimum Gasteiger partial charge on any atom is -0.457 e. The van der Waals surface area contributed by atoms with Gasteiger partial charge in [-0.25, -0.2) is 0 Å². The van der Waals surface area contributed by atoms with Crippen LogP contribution in [-0.4, -0.2) is 65.2 Å². The summed E-state index contributed by atoms with van der Waals surface area (Å²) >= 11 is 0. The van der Waals surface area contributed by atoms with Crippen LogP contribution in [0.25, 0.3) is 0 Å². The maximum absolute atomic E-state index is 13.5. The highest BCUT2D eigenvalue weighted by Crippen LogP contribution is 2.46. The normalized spacial score (nSPS) is 35.1. The van der Waals surface area contributed by atoms with Crippen molar-refractivity contribution in [2.24, 2.45) is 5.92 Å². The van der Waals surface area contributed by atoms with Crippen LogP contribution in [0.4, 0.5) is 0 Å². The molecule has 4 aliphatic rings. The molecule has 9 heteroatoms. The maximum Gasteiger partial charge on any atom is 0.311 e. The topological polar surface area (TPSA) is 123 Å². The molecule has 1 saturated heterocycles. The van der Waals surface area contributed by atoms with Gasteiger partial charge in [-0.3, -0.25) is 14.4 Å². The monoisotopic (exact) mass is 500 g/mol. The van der Waals surface area contributed by atoms with E-state index in [4.69, 9.17) is 14.2 Å². The Morgan fingerprint density at radius 1 is 0.944 bits per heavy atom. The third-order valence-electron chi connectivity index (χ3n) is 8.07. The molecule has 1 heterocycles. The molecule has 0 aromatic heterocycles. The molecule has 4 fully saturated rings. The highest BCUT2D eigenvalue weighted by Gasteiger charge is 2.63. The number of aliphatic hydroxyl groups excluding tert-OH is 1. The van der Waals surface area contributed by atoms with Crippen molar-refractivity contribution >= 4 is 17.8 Å². The van der Waals surface area contributed by atoms with Gasteiger partial charge in [0.1, 0.15) is 18.3 Å². The molecule has 3 saturated carbocycles. The first-order chi connectivity index (χ1) is 17.4. The van der Waals surface area contributed by atoms with Crippen molar-refractivity contribution in [2.45, 2.75) is 107 Å². The quantitative estimate of drug-likeness (QED) is 0.530. The van der Waals surface area contributed by atoms with Gasteiger partial charge in [-0.2, -0.15) is 0 Å². The zero-order valence-corrected chi connectivity index (χ0v) is 20.7. The van der Waals surface area contributed by atoms with Gasteiger partial charge in [0.05, 0.1) is 12.0 Å². The molecule has 9 nitrogen and oxygen atoms in total. The van der Waals surface area contributed by atoms with E-state index in [-0.39, 0.29) is 17.9 Å². The zero-order chi connectivity index (χ0) is 25.3. The summed E-state index contributed by atoms with van der Waals surface area (Å²) in [5.74, 6) is -2.30. The Kier molecular flexibility index (Phi) is 7.32. The van der Waals surface area contributed by atoms with Crippen molar-refractivity contribution in [3.8, 4) is 0 Å². The van der Waals surface area contributed by atoms with Crippen LogP contribution in [0.2, 0.25) is 0 Å². The second-order valence-corrected chi connectivity index (χ2v) is 10.6. The number of nitrogens with one attached hydrogen (secondary N) is 2. The number of rotatable bonds is 5. The average Bonchev–Trinajstić information content (AvgIpc) is 3.34. The highest BCUT2D eigenvalue weighted by atomic mass is 16.8. The summed E-state index contributed by atoms with van der Waals surface area (Å²) < 4.78 is 18.6. The van der Waals surface area contributed by atoms with Crippen molar-refractivity contribution in [3.05, 3.63) is 35.9 Å². The van der Waals surface area contributed by atoms with Gasteiger partial charge in [0.2, 0.25) is 5.91 Å². The minimum absolute atomic E-state index is 0.223. The number of carbonyl (C=O) groups excluding carboxylic acids is 3. The predicted octanol–water partition coefficient (Wildman–Crippen LogP) is 2.21. The number of esters is 1. The highest BCUT2D eigenvalue weighted by molar-refractivity contribution is 5.94. The molecule has 196 valence electrons. The Morgan fingerprint density at radius 3 is 2.36 bits per heavy atom. The van der Waals surface area contributed by atoms with Gasteiger partial charge in [0.25, 0.3) is 5.91 Å². The fourth-order valence-electron chi connectivity index (χ4n) is 6.30. The molecule has 3 N–H and O–H groups in total. The fourth-order valence-corrected chi connectivity index (χ4v) is 6.30. The van der Waals surface area contributed by atoms with Gasteiger partial charge in [-0.15, -0.1) is 0 Å². The first-order valence-corrected chi connectivity index (χ1v) is 13.2. The van der Waals surface area contributed by atoms with Crippen molar-refractivity contribution in [1.29, 1.82) is 0 Å². The molecule has 0 unspecified atom stereocenters. The van der Waals surface area contributed by atoms with E-state index in [2.05, 4.69) is 10.6 Å². The second kappa shape index (κ2) is 10.5. The lowest BCUT2D eigenvalue weighted by Crippen LogP contribution is -2.53. The van der Waals surface area contributed by atoms with Gasteiger partial charge in [0, 0.05) is 31.4 Å². The van der Waals surface area contributed by atoms with E-state index in [1.54, 1.807) is 24.3 Å². The zero-order valence-electron chi connectivity index (χ0n) is 20.7. The lowest BCUT2D eigenvalue weighted by Gasteiger charge is -2.36. The van der Waals surface area contributed by atoms with Crippen LogP contribution in [0.3, 0.4) is 0 Å². The molecule has 1 spiro atoms. The van der Waals surface area contributed by atoms with Crippen LogP contribution in [0.1, 0.15) is 75.1 Å². The Bertz CT molecular complexity index is 964. The van der Waals surface area contributed by atoms with Gasteiger partial charge in [-0.05, 0) is 37.8 Å². The third-order valence-corrected chi connectivity index (χ3v) is 8.07. The first-order valence-electron chi connectivity index (χ1n) is 13.2. The number of hydrogen-bond acceptors (Lipinski definition) is 7. The smallest absolute Gasteiger partial charge is 0.311 e. The van der Waals surface area contributed by atoms with Crippen LogP contribution >= 0.6 is 0 Å². The minimum atomic E-state index is -1.06. The van der Waals surface area contributed by atoms with E-state index in [1.807, 2.05) is 6.07 Å². The number of ether oxygens (including phenoxy) is 3. The molecule has 0 bridgehead atoms. The Balaban J connectivity index is 1.31. The molecule has 0 radical (unpaired) electrons. The molecule has 1 aromatic rings. The van der Waals surface area contributed by atoms with Crippen LogP contribution < -0.4 is 10.6 Å². The Hall–Kier alpha value is -2.49. The predicted molar refractivity (Wildman–Crippen MR) is 129 cm³/mol. The number of hydrogen-bond donors (Lipinski definition) is 3. The summed E-state index contributed by atoms with van der Waals surface area (Å²) in [6.45, 7) is 1.36. The molecule has 1 aliphatic heterocycles. The fraction of sp³-hybridized carbons (Fsp3) is 0.667. The lowest BCUT2D eigenvalue weighted by atomic mass is 9.84. The van der Waals surface area contributed by atoms with E-state index >= 15 is 0 Å². The van der Waals surface area contributed by atoms with Crippen molar-refractivity contribution in [2.75, 3.05) is 0 Å². The van der Waals surface area contributed by atoms with Crippen molar-refractivity contribution in [1.82, 2.24) is 10.6 Å². The molecular weight excluding hydrogens is 464 g/mol. The SMILES string of the molecule is CC(=O)N[C@H]1[C@@H](O)[C@H]2OC3(CCCCC3)O[C@H]2[C@H]1OC(=O)[C@@H]1CCCC[C@@H]1NC(=O)c1ccccc1. The van der Waals surface area contributed by atoms with Gasteiger partial charge >= 0.3 is 5.97 Å². The van der Waals surface area contributed by atoms with Gasteiger partial charge in [0.15, 0.2) is 11.9 Å². The molecule has 7 atom stereocenters. The molecule has 1 aromatic carbocycles. The molecular formula is C27H36N2O7. The second-order valence-electron chi connectivity index (χ2n) is 10.6. The summed E-state index contributed by atoms with van der Waals surface area (Å²) in [5, 5.41) is 16.8. The summed E-state index contributed by atoms with van der Waals surface area (Å²) in [6, 6.07) is 7.74. The van der Waals surface area contributed by atoms with Gasteiger partial charge < -0.3 is 30.0 Å². The molecule has 2 amide bonds. The number of amides is 2. The van der Waals surface area contributed by atoms with Crippen molar-refractivity contribution in [3.63, 3.8) is 0 Å².